The Kier molecular flexibility index (Phi) is 8.25. The number of carboxylic acids is 1. The van der Waals surface area contributed by atoms with Crippen molar-refractivity contribution in [1.29, 1.82) is 0 Å². The third kappa shape index (κ3) is 6.06. The number of anilines is 1. The van der Waals surface area contributed by atoms with Gasteiger partial charge in [-0.05, 0) is 47.7 Å². The number of ketones is 1. The van der Waals surface area contributed by atoms with Gasteiger partial charge in [0.25, 0.3) is 10.0 Å². The minimum atomic E-state index is -4.42. The number of nitrogens with zero attached hydrogens (tertiary/aromatic N) is 1. The molecule has 0 atom stereocenters. The van der Waals surface area contributed by atoms with Crippen molar-refractivity contribution < 1.29 is 27.9 Å². The second-order valence-corrected chi connectivity index (χ2v) is 11.4. The molecule has 4 rings (SSSR count). The van der Waals surface area contributed by atoms with Gasteiger partial charge in [-0.25, -0.2) is 8.42 Å². The molecule has 0 aliphatic heterocycles. The van der Waals surface area contributed by atoms with E-state index in [1.165, 1.54) is 24.3 Å². The number of carbonyl (C=O) groups is 3. The SMILES string of the molecule is NC(=O)c1ccccc1CCC(=O)c1cccc2c(N(CC(=O)O)S(=O)(=O)c3cc(Cl)cc(Cl)c3)cccc12. The molecule has 8 nitrogen and oxygen atoms in total. The zero-order valence-electron chi connectivity index (χ0n) is 20.3. The van der Waals surface area contributed by atoms with E-state index in [2.05, 4.69) is 0 Å². The van der Waals surface area contributed by atoms with Crippen LogP contribution in [0.3, 0.4) is 0 Å². The van der Waals surface area contributed by atoms with Crippen LogP contribution < -0.4 is 10.0 Å². The first kappa shape index (κ1) is 28.1. The summed E-state index contributed by atoms with van der Waals surface area (Å²) in [6, 6.07) is 20.0. The number of nitrogens with two attached hydrogens (primary N) is 1. The Morgan fingerprint density at radius 3 is 2.10 bits per heavy atom. The van der Waals surface area contributed by atoms with Crippen LogP contribution in [-0.2, 0) is 21.2 Å². The first-order valence-electron chi connectivity index (χ1n) is 11.6. The van der Waals surface area contributed by atoms with E-state index < -0.39 is 28.4 Å². The van der Waals surface area contributed by atoms with Crippen LogP contribution in [0.2, 0.25) is 10.0 Å². The minimum absolute atomic E-state index is 0.0613. The van der Waals surface area contributed by atoms with E-state index in [4.69, 9.17) is 28.9 Å². The van der Waals surface area contributed by atoms with Crippen LogP contribution in [0.5, 0.6) is 0 Å². The fourth-order valence-corrected chi connectivity index (χ4v) is 6.50. The van der Waals surface area contributed by atoms with E-state index in [-0.39, 0.29) is 39.3 Å². The largest absolute Gasteiger partial charge is 0.480 e. The highest BCUT2D eigenvalue weighted by molar-refractivity contribution is 7.93. The minimum Gasteiger partial charge on any atom is -0.480 e. The van der Waals surface area contributed by atoms with Crippen molar-refractivity contribution in [3.05, 3.63) is 106 Å². The van der Waals surface area contributed by atoms with Crippen LogP contribution in [-0.4, -0.2) is 37.7 Å². The van der Waals surface area contributed by atoms with Crippen molar-refractivity contribution in [2.75, 3.05) is 10.8 Å². The summed E-state index contributed by atoms with van der Waals surface area (Å²) in [7, 11) is -4.42. The van der Waals surface area contributed by atoms with Crippen molar-refractivity contribution in [2.24, 2.45) is 5.73 Å². The van der Waals surface area contributed by atoms with Gasteiger partial charge in [0.15, 0.2) is 5.78 Å². The molecule has 4 aromatic rings. The molecule has 0 heterocycles. The Bertz CT molecular complexity index is 1700. The molecule has 0 radical (unpaired) electrons. The zero-order chi connectivity index (χ0) is 28.3. The number of amides is 1. The molecule has 0 unspecified atom stereocenters. The van der Waals surface area contributed by atoms with Gasteiger partial charge in [-0.1, -0.05) is 71.7 Å². The molecular weight excluding hydrogens is 563 g/mol. The van der Waals surface area contributed by atoms with Gasteiger partial charge in [0.05, 0.1) is 10.6 Å². The highest BCUT2D eigenvalue weighted by atomic mass is 35.5. The first-order chi connectivity index (χ1) is 18.5. The summed E-state index contributed by atoms with van der Waals surface area (Å²) in [6.45, 7) is -0.881. The van der Waals surface area contributed by atoms with Crippen molar-refractivity contribution in [1.82, 2.24) is 0 Å². The zero-order valence-corrected chi connectivity index (χ0v) is 22.6. The number of benzene rings is 4. The molecule has 0 spiro atoms. The molecule has 200 valence electrons. The standard InChI is InChI=1S/C28H22Cl2N2O6S/c29-18-13-19(30)15-20(14-18)39(37,38)32(16-27(34)35)25-10-4-7-22-23(25)8-3-9-24(22)26(33)12-11-17-5-1-2-6-21(17)28(31)36/h1-10,13-15H,11-12,16H2,(H2,31,36)(H,34,35). The molecule has 0 saturated heterocycles. The summed E-state index contributed by atoms with van der Waals surface area (Å²) in [5, 5.41) is 10.5. The monoisotopic (exact) mass is 584 g/mol. The lowest BCUT2D eigenvalue weighted by atomic mass is 9.95. The molecule has 11 heteroatoms. The summed E-state index contributed by atoms with van der Waals surface area (Å²) in [6.07, 6.45) is 0.328. The molecular formula is C28H22Cl2N2O6S. The highest BCUT2D eigenvalue weighted by Gasteiger charge is 2.29. The number of carboxylic acid groups (broad SMARTS) is 1. The van der Waals surface area contributed by atoms with Gasteiger partial charge in [-0.3, -0.25) is 18.7 Å². The number of halogens is 2. The number of primary amides is 1. The van der Waals surface area contributed by atoms with E-state index in [0.29, 0.717) is 27.5 Å². The number of hydrogen-bond acceptors (Lipinski definition) is 5. The number of sulfonamides is 1. The van der Waals surface area contributed by atoms with E-state index in [9.17, 15) is 27.9 Å². The Balaban J connectivity index is 1.76. The Morgan fingerprint density at radius 1 is 0.821 bits per heavy atom. The summed E-state index contributed by atoms with van der Waals surface area (Å²) >= 11 is 12.0. The average Bonchev–Trinajstić information content (AvgIpc) is 2.89. The number of hydrogen-bond donors (Lipinski definition) is 2. The quantitative estimate of drug-likeness (QED) is 0.241. The predicted molar refractivity (Wildman–Crippen MR) is 150 cm³/mol. The molecule has 1 amide bonds. The summed E-state index contributed by atoms with van der Waals surface area (Å²) in [5.41, 5.74) is 6.81. The van der Waals surface area contributed by atoms with Crippen molar-refractivity contribution in [3.8, 4) is 0 Å². The summed E-state index contributed by atoms with van der Waals surface area (Å²) in [4.78, 5) is 36.5. The number of aliphatic carboxylic acids is 1. The van der Waals surface area contributed by atoms with E-state index in [0.717, 1.165) is 4.31 Å². The van der Waals surface area contributed by atoms with Gasteiger partial charge < -0.3 is 10.8 Å². The topological polar surface area (TPSA) is 135 Å². The maximum Gasteiger partial charge on any atom is 0.324 e. The lowest BCUT2D eigenvalue weighted by Crippen LogP contribution is -2.36. The molecule has 0 saturated carbocycles. The van der Waals surface area contributed by atoms with Crippen LogP contribution in [0.4, 0.5) is 5.69 Å². The number of rotatable bonds is 10. The van der Waals surface area contributed by atoms with E-state index in [1.807, 2.05) is 0 Å². The normalized spacial score (nSPS) is 11.3. The van der Waals surface area contributed by atoms with Crippen molar-refractivity contribution in [2.45, 2.75) is 17.7 Å². The predicted octanol–water partition coefficient (Wildman–Crippen LogP) is 5.34. The van der Waals surface area contributed by atoms with E-state index in [1.54, 1.807) is 54.6 Å². The maximum absolute atomic E-state index is 13.6. The van der Waals surface area contributed by atoms with Crippen LogP contribution in [0.15, 0.2) is 83.8 Å². The fraction of sp³-hybridized carbons (Fsp3) is 0.107. The molecule has 0 aromatic heterocycles. The van der Waals surface area contributed by atoms with Gasteiger partial charge in [0, 0.05) is 33.0 Å². The first-order valence-corrected chi connectivity index (χ1v) is 13.8. The average molecular weight is 585 g/mol. The van der Waals surface area contributed by atoms with Crippen LogP contribution >= 0.6 is 23.2 Å². The third-order valence-corrected chi connectivity index (χ3v) is 8.25. The van der Waals surface area contributed by atoms with Crippen LogP contribution in [0.1, 0.15) is 32.7 Å². The number of Topliss-reactive ketones (excluding diaryl/α,β-unsaturated/α-hetero) is 1. The Morgan fingerprint density at radius 2 is 1.44 bits per heavy atom. The van der Waals surface area contributed by atoms with Gasteiger partial charge in [0.1, 0.15) is 6.54 Å². The van der Waals surface area contributed by atoms with Gasteiger partial charge in [0.2, 0.25) is 5.91 Å². The fourth-order valence-electron chi connectivity index (χ4n) is 4.34. The lowest BCUT2D eigenvalue weighted by Gasteiger charge is -2.25. The Hall–Kier alpha value is -3.92. The van der Waals surface area contributed by atoms with Crippen molar-refractivity contribution in [3.63, 3.8) is 0 Å². The molecule has 0 fully saturated rings. The summed E-state index contributed by atoms with van der Waals surface area (Å²) in [5.74, 6) is -2.22. The van der Waals surface area contributed by atoms with Crippen LogP contribution in [0.25, 0.3) is 10.8 Å². The lowest BCUT2D eigenvalue weighted by molar-refractivity contribution is -0.135. The molecule has 4 aromatic carbocycles. The van der Waals surface area contributed by atoms with Crippen molar-refractivity contribution >= 4 is 67.3 Å². The smallest absolute Gasteiger partial charge is 0.324 e. The molecule has 0 bridgehead atoms. The Labute approximate surface area is 234 Å². The highest BCUT2D eigenvalue weighted by Crippen LogP contribution is 2.34. The van der Waals surface area contributed by atoms with Gasteiger partial charge in [-0.2, -0.15) is 0 Å². The number of aryl methyl sites for hydroxylation is 1. The van der Waals surface area contributed by atoms with E-state index >= 15 is 0 Å². The molecule has 0 aliphatic carbocycles. The second kappa shape index (κ2) is 11.4. The summed E-state index contributed by atoms with van der Waals surface area (Å²) < 4.78 is 28.0. The van der Waals surface area contributed by atoms with Gasteiger partial charge >= 0.3 is 5.97 Å². The number of fused-ring (bicyclic) bond motifs is 1. The molecule has 3 N–H and O–H groups in total. The van der Waals surface area contributed by atoms with Crippen LogP contribution in [0, 0.1) is 0 Å². The molecule has 39 heavy (non-hydrogen) atoms. The van der Waals surface area contributed by atoms with Gasteiger partial charge in [-0.15, -0.1) is 0 Å². The second-order valence-electron chi connectivity index (χ2n) is 8.63. The number of carbonyl (C=O) groups excluding carboxylic acids is 2. The molecule has 0 aliphatic rings. The maximum atomic E-state index is 13.6. The third-order valence-electron chi connectivity index (χ3n) is 6.08.